The largest absolute Gasteiger partial charge is 0.470 e. The van der Waals surface area contributed by atoms with Crippen molar-refractivity contribution < 1.29 is 33.8 Å². The van der Waals surface area contributed by atoms with Crippen LogP contribution in [0.4, 0.5) is 0 Å². The number of ether oxygens (including phenoxy) is 1. The highest BCUT2D eigenvalue weighted by atomic mass is 31.2. The van der Waals surface area contributed by atoms with E-state index in [1.807, 2.05) is 4.98 Å². The number of hydrogen-bond donors (Lipinski definition) is 5. The first-order valence-electron chi connectivity index (χ1n) is 5.73. The summed E-state index contributed by atoms with van der Waals surface area (Å²) in [5.74, 6) is 0. The van der Waals surface area contributed by atoms with Gasteiger partial charge in [-0.2, -0.15) is 0 Å². The molecule has 5 N–H and O–H groups in total. The Morgan fingerprint density at radius 3 is 2.62 bits per heavy atom. The van der Waals surface area contributed by atoms with Gasteiger partial charge in [0, 0.05) is 12.3 Å². The summed E-state index contributed by atoms with van der Waals surface area (Å²) < 4.78 is 21.2. The van der Waals surface area contributed by atoms with Crippen molar-refractivity contribution >= 4 is 7.82 Å². The number of phosphoric acid groups is 1. The van der Waals surface area contributed by atoms with Crippen molar-refractivity contribution in [2.45, 2.75) is 24.5 Å². The molecular weight excluding hydrogens is 311 g/mol. The number of nitrogens with one attached hydrogen (secondary N) is 1. The van der Waals surface area contributed by atoms with Crippen molar-refractivity contribution in [3.8, 4) is 0 Å². The normalized spacial score (nSPS) is 29.7. The van der Waals surface area contributed by atoms with E-state index in [9.17, 15) is 19.3 Å². The van der Waals surface area contributed by atoms with Gasteiger partial charge in [0.25, 0.3) is 5.56 Å². The molecule has 12 heteroatoms. The fourth-order valence-electron chi connectivity index (χ4n) is 2.01. The van der Waals surface area contributed by atoms with Gasteiger partial charge in [0.15, 0.2) is 6.23 Å². The van der Waals surface area contributed by atoms with E-state index in [-0.39, 0.29) is 0 Å². The van der Waals surface area contributed by atoms with Crippen LogP contribution in [0.25, 0.3) is 0 Å². The molecule has 1 aromatic rings. The third kappa shape index (κ3) is 3.47. The van der Waals surface area contributed by atoms with Crippen LogP contribution in [0.3, 0.4) is 0 Å². The third-order valence-electron chi connectivity index (χ3n) is 2.87. The third-order valence-corrected chi connectivity index (χ3v) is 3.39. The molecule has 0 saturated carbocycles. The molecule has 2 heterocycles. The minimum atomic E-state index is -4.94. The fraction of sp³-hybridized carbons (Fsp3) is 0.556. The van der Waals surface area contributed by atoms with E-state index in [1.165, 1.54) is 0 Å². The standard InChI is InChI=1S/C9H13N2O9P/c12-3-4-7(20-21(16,17)18)6(14)8(19-4)11-2-1-5(13)10-9(11)15/h1-2,4,6-8,12,14H,3H2,(H,10,13,15)(H2,16,17,18)/t4-,6?,7?,8-/m0/s1. The van der Waals surface area contributed by atoms with E-state index < -0.39 is 50.2 Å². The zero-order chi connectivity index (χ0) is 15.8. The minimum Gasteiger partial charge on any atom is -0.394 e. The Hall–Kier alpha value is -1.33. The quantitative estimate of drug-likeness (QED) is 0.368. The molecule has 0 spiro atoms. The van der Waals surface area contributed by atoms with Crippen LogP contribution in [0.5, 0.6) is 0 Å². The van der Waals surface area contributed by atoms with Crippen LogP contribution >= 0.6 is 7.82 Å². The summed E-state index contributed by atoms with van der Waals surface area (Å²) in [7, 11) is -4.94. The number of hydrogen-bond acceptors (Lipinski definition) is 7. The van der Waals surface area contributed by atoms with Gasteiger partial charge in [-0.15, -0.1) is 0 Å². The summed E-state index contributed by atoms with van der Waals surface area (Å²) >= 11 is 0. The second kappa shape index (κ2) is 5.81. The number of phosphoric ester groups is 1. The van der Waals surface area contributed by atoms with Crippen molar-refractivity contribution in [3.63, 3.8) is 0 Å². The average Bonchev–Trinajstić information content (AvgIpc) is 2.65. The molecule has 1 aliphatic heterocycles. The van der Waals surface area contributed by atoms with Crippen LogP contribution in [0.2, 0.25) is 0 Å². The second-order valence-electron chi connectivity index (χ2n) is 4.32. The van der Waals surface area contributed by atoms with Crippen molar-refractivity contribution in [1.82, 2.24) is 9.55 Å². The molecule has 0 aliphatic carbocycles. The first-order chi connectivity index (χ1) is 9.73. The van der Waals surface area contributed by atoms with Crippen molar-refractivity contribution in [2.75, 3.05) is 6.61 Å². The maximum atomic E-state index is 11.6. The Labute approximate surface area is 116 Å². The van der Waals surface area contributed by atoms with E-state index in [0.29, 0.717) is 0 Å². The molecule has 21 heavy (non-hydrogen) atoms. The van der Waals surface area contributed by atoms with E-state index in [0.717, 1.165) is 16.8 Å². The number of rotatable bonds is 4. The van der Waals surface area contributed by atoms with Crippen molar-refractivity contribution in [1.29, 1.82) is 0 Å². The van der Waals surface area contributed by atoms with Gasteiger partial charge in [-0.05, 0) is 0 Å². The molecule has 0 aromatic carbocycles. The Kier molecular flexibility index (Phi) is 4.44. The lowest BCUT2D eigenvalue weighted by Crippen LogP contribution is -2.38. The molecule has 1 fully saturated rings. The summed E-state index contributed by atoms with van der Waals surface area (Å²) in [6.45, 7) is -0.698. The first kappa shape index (κ1) is 16.0. The number of aromatic nitrogens is 2. The number of aliphatic hydroxyl groups is 2. The van der Waals surface area contributed by atoms with Gasteiger partial charge in [0.2, 0.25) is 0 Å². The predicted octanol–water partition coefficient (Wildman–Crippen LogP) is -2.73. The molecule has 1 saturated heterocycles. The SMILES string of the molecule is O=c1ccn([C@H]2O[C@@H](CO)C(OP(=O)(O)O)C2O)c(=O)[nH]1. The molecule has 4 atom stereocenters. The van der Waals surface area contributed by atoms with E-state index >= 15 is 0 Å². The lowest BCUT2D eigenvalue weighted by atomic mass is 10.1. The molecular formula is C9H13N2O9P. The maximum absolute atomic E-state index is 11.6. The Balaban J connectivity index is 2.33. The van der Waals surface area contributed by atoms with E-state index in [4.69, 9.17) is 19.6 Å². The van der Waals surface area contributed by atoms with Gasteiger partial charge in [-0.25, -0.2) is 9.36 Å². The van der Waals surface area contributed by atoms with Crippen LogP contribution in [0, 0.1) is 0 Å². The van der Waals surface area contributed by atoms with Gasteiger partial charge in [0.1, 0.15) is 18.3 Å². The van der Waals surface area contributed by atoms with Gasteiger partial charge in [-0.1, -0.05) is 0 Å². The summed E-state index contributed by atoms with van der Waals surface area (Å²) in [5.41, 5.74) is -1.55. The first-order valence-corrected chi connectivity index (χ1v) is 7.26. The highest BCUT2D eigenvalue weighted by Gasteiger charge is 2.48. The Bertz CT molecular complexity index is 664. The van der Waals surface area contributed by atoms with Crippen LogP contribution in [-0.4, -0.2) is 54.5 Å². The van der Waals surface area contributed by atoms with Crippen LogP contribution < -0.4 is 11.2 Å². The lowest BCUT2D eigenvalue weighted by molar-refractivity contribution is -0.0549. The molecule has 2 rings (SSSR count). The smallest absolute Gasteiger partial charge is 0.394 e. The molecule has 0 amide bonds. The second-order valence-corrected chi connectivity index (χ2v) is 5.51. The van der Waals surface area contributed by atoms with Gasteiger partial charge < -0.3 is 24.7 Å². The highest BCUT2D eigenvalue weighted by Crippen LogP contribution is 2.43. The average molecular weight is 324 g/mol. The van der Waals surface area contributed by atoms with Crippen LogP contribution in [0.15, 0.2) is 21.9 Å². The van der Waals surface area contributed by atoms with E-state index in [1.54, 1.807) is 0 Å². The topological polar surface area (TPSA) is 171 Å². The van der Waals surface area contributed by atoms with Crippen molar-refractivity contribution in [3.05, 3.63) is 33.1 Å². The summed E-state index contributed by atoms with van der Waals surface area (Å²) in [6, 6.07) is 1.00. The number of aliphatic hydroxyl groups excluding tert-OH is 2. The molecule has 0 bridgehead atoms. The van der Waals surface area contributed by atoms with Crippen LogP contribution in [0.1, 0.15) is 6.23 Å². The lowest BCUT2D eigenvalue weighted by Gasteiger charge is -2.20. The summed E-state index contributed by atoms with van der Waals surface area (Å²) in [5, 5.41) is 19.1. The Morgan fingerprint density at radius 2 is 2.10 bits per heavy atom. The zero-order valence-electron chi connectivity index (χ0n) is 10.4. The zero-order valence-corrected chi connectivity index (χ0v) is 11.3. The molecule has 2 unspecified atom stereocenters. The van der Waals surface area contributed by atoms with Gasteiger partial charge in [0.05, 0.1) is 6.61 Å². The Morgan fingerprint density at radius 1 is 1.43 bits per heavy atom. The molecule has 11 nitrogen and oxygen atoms in total. The summed E-state index contributed by atoms with van der Waals surface area (Å²) in [4.78, 5) is 42.1. The molecule has 118 valence electrons. The van der Waals surface area contributed by atoms with Gasteiger partial charge >= 0.3 is 13.5 Å². The van der Waals surface area contributed by atoms with Gasteiger partial charge in [-0.3, -0.25) is 18.9 Å². The maximum Gasteiger partial charge on any atom is 0.470 e. The molecule has 0 radical (unpaired) electrons. The number of H-pyrrole nitrogens is 1. The summed E-state index contributed by atoms with van der Waals surface area (Å²) in [6.07, 6.45) is -4.76. The fourth-order valence-corrected chi connectivity index (χ4v) is 2.59. The number of aromatic amines is 1. The molecule has 1 aromatic heterocycles. The minimum absolute atomic E-state index is 0.662. The number of nitrogens with zero attached hydrogens (tertiary/aromatic N) is 1. The van der Waals surface area contributed by atoms with E-state index in [2.05, 4.69) is 4.52 Å². The van der Waals surface area contributed by atoms with Crippen LogP contribution in [-0.2, 0) is 13.8 Å². The van der Waals surface area contributed by atoms with Crippen molar-refractivity contribution in [2.24, 2.45) is 0 Å². The molecule has 1 aliphatic rings. The predicted molar refractivity (Wildman–Crippen MR) is 65.2 cm³/mol. The monoisotopic (exact) mass is 324 g/mol. The highest BCUT2D eigenvalue weighted by molar-refractivity contribution is 7.46.